The van der Waals surface area contributed by atoms with Crippen molar-refractivity contribution < 1.29 is 17.9 Å². The monoisotopic (exact) mass is 316 g/mol. The third-order valence-electron chi connectivity index (χ3n) is 3.80. The predicted octanol–water partition coefficient (Wildman–Crippen LogP) is 1.03. The fraction of sp³-hybridized carbons (Fsp3) is 0.571. The number of benzene rings is 1. The van der Waals surface area contributed by atoms with Crippen molar-refractivity contribution >= 4 is 10.0 Å². The van der Waals surface area contributed by atoms with Crippen LogP contribution in [0.25, 0.3) is 0 Å². The Morgan fingerprint density at radius 3 is 2.57 bits per heavy atom. The first-order valence-electron chi connectivity index (χ1n) is 7.03. The van der Waals surface area contributed by atoms with Crippen molar-refractivity contribution in [3.8, 4) is 0 Å². The van der Waals surface area contributed by atoms with Gasteiger partial charge in [-0.3, -0.25) is 0 Å². The molecular weight excluding hydrogens is 295 g/mol. The maximum absolute atomic E-state index is 13.9. The van der Waals surface area contributed by atoms with Gasteiger partial charge in [0.15, 0.2) is 0 Å². The number of likely N-dealkylation sites (tertiary alicyclic amines) is 1. The van der Waals surface area contributed by atoms with Crippen LogP contribution in [-0.4, -0.2) is 56.0 Å². The lowest BCUT2D eigenvalue weighted by molar-refractivity contribution is 0.281. The average molecular weight is 316 g/mol. The van der Waals surface area contributed by atoms with Crippen LogP contribution < -0.4 is 0 Å². The van der Waals surface area contributed by atoms with Gasteiger partial charge in [0.05, 0.1) is 6.61 Å². The van der Waals surface area contributed by atoms with Crippen molar-refractivity contribution in [2.75, 3.05) is 33.2 Å². The van der Waals surface area contributed by atoms with E-state index < -0.39 is 15.8 Å². The number of halogens is 1. The van der Waals surface area contributed by atoms with Crippen LogP contribution in [0.5, 0.6) is 0 Å². The second-order valence-electron chi connectivity index (χ2n) is 5.30. The second-order valence-corrected chi connectivity index (χ2v) is 7.31. The van der Waals surface area contributed by atoms with Gasteiger partial charge in [-0.1, -0.05) is 6.07 Å². The Balaban J connectivity index is 2.09. The highest BCUT2D eigenvalue weighted by atomic mass is 32.2. The summed E-state index contributed by atoms with van der Waals surface area (Å²) in [5.74, 6) is -0.824. The van der Waals surface area contributed by atoms with E-state index in [9.17, 15) is 12.8 Å². The molecular formula is C14H21FN2O3S. The van der Waals surface area contributed by atoms with Crippen LogP contribution in [0.15, 0.2) is 23.1 Å². The van der Waals surface area contributed by atoms with Crippen LogP contribution in [0.4, 0.5) is 4.39 Å². The molecule has 0 saturated carbocycles. The van der Waals surface area contributed by atoms with E-state index in [4.69, 9.17) is 5.11 Å². The fourth-order valence-corrected chi connectivity index (χ4v) is 3.63. The van der Waals surface area contributed by atoms with Crippen LogP contribution in [0.2, 0.25) is 0 Å². The first kappa shape index (κ1) is 16.4. The molecule has 1 aliphatic heterocycles. The van der Waals surface area contributed by atoms with Crippen LogP contribution in [0.3, 0.4) is 0 Å². The zero-order chi connectivity index (χ0) is 15.5. The molecule has 0 unspecified atom stereocenters. The van der Waals surface area contributed by atoms with Gasteiger partial charge in [0.25, 0.3) is 0 Å². The molecule has 1 N–H and O–H groups in total. The Morgan fingerprint density at radius 1 is 1.33 bits per heavy atom. The smallest absolute Gasteiger partial charge is 0.245 e. The van der Waals surface area contributed by atoms with Crippen molar-refractivity contribution in [1.82, 2.24) is 9.21 Å². The largest absolute Gasteiger partial charge is 0.392 e. The molecule has 5 nitrogen and oxygen atoms in total. The number of aliphatic hydroxyl groups excluding tert-OH is 1. The molecule has 118 valence electrons. The first-order chi connectivity index (χ1) is 9.95. The summed E-state index contributed by atoms with van der Waals surface area (Å²) in [5, 5.41) is 8.94. The summed E-state index contributed by atoms with van der Waals surface area (Å²) >= 11 is 0. The van der Waals surface area contributed by atoms with E-state index in [1.807, 2.05) is 0 Å². The lowest BCUT2D eigenvalue weighted by Gasteiger charge is -2.21. The van der Waals surface area contributed by atoms with E-state index in [0.29, 0.717) is 18.7 Å². The second kappa shape index (κ2) is 6.83. The molecule has 0 aromatic heterocycles. The summed E-state index contributed by atoms with van der Waals surface area (Å²) in [5.41, 5.74) is 0.353. The van der Waals surface area contributed by atoms with Crippen LogP contribution in [-0.2, 0) is 16.6 Å². The maximum Gasteiger partial charge on any atom is 0.245 e. The molecule has 1 saturated heterocycles. The van der Waals surface area contributed by atoms with E-state index in [1.165, 1.54) is 23.5 Å². The summed E-state index contributed by atoms with van der Waals surface area (Å²) in [7, 11) is -2.37. The molecule has 0 bridgehead atoms. The van der Waals surface area contributed by atoms with Crippen LogP contribution >= 0.6 is 0 Å². The van der Waals surface area contributed by atoms with Gasteiger partial charge in [0, 0.05) is 20.1 Å². The molecule has 7 heteroatoms. The minimum Gasteiger partial charge on any atom is -0.392 e. The molecule has 21 heavy (non-hydrogen) atoms. The Morgan fingerprint density at radius 2 is 2.00 bits per heavy atom. The van der Waals surface area contributed by atoms with Gasteiger partial charge in [-0.05, 0) is 43.6 Å². The van der Waals surface area contributed by atoms with E-state index in [1.54, 1.807) is 0 Å². The molecule has 0 spiro atoms. The van der Waals surface area contributed by atoms with Crippen molar-refractivity contribution in [3.63, 3.8) is 0 Å². The highest BCUT2D eigenvalue weighted by Gasteiger charge is 2.25. The van der Waals surface area contributed by atoms with Gasteiger partial charge in [-0.15, -0.1) is 0 Å². The van der Waals surface area contributed by atoms with Crippen molar-refractivity contribution in [2.45, 2.75) is 24.3 Å². The lowest BCUT2D eigenvalue weighted by Crippen LogP contribution is -2.35. The molecule has 1 aromatic rings. The molecule has 1 heterocycles. The first-order valence-corrected chi connectivity index (χ1v) is 8.47. The lowest BCUT2D eigenvalue weighted by atomic mass is 10.2. The number of nitrogens with zero attached hydrogens (tertiary/aromatic N) is 2. The van der Waals surface area contributed by atoms with E-state index in [0.717, 1.165) is 32.0 Å². The Kier molecular flexibility index (Phi) is 5.32. The summed E-state index contributed by atoms with van der Waals surface area (Å²) < 4.78 is 39.8. The minimum atomic E-state index is -3.84. The van der Waals surface area contributed by atoms with Crippen molar-refractivity contribution in [1.29, 1.82) is 0 Å². The number of aliphatic hydroxyl groups is 1. The molecule has 1 fully saturated rings. The quantitative estimate of drug-likeness (QED) is 0.852. The molecule has 1 aliphatic rings. The third kappa shape index (κ3) is 3.79. The van der Waals surface area contributed by atoms with E-state index >= 15 is 0 Å². The van der Waals surface area contributed by atoms with Gasteiger partial charge in [0.2, 0.25) is 10.0 Å². The molecule has 0 aliphatic carbocycles. The van der Waals surface area contributed by atoms with Gasteiger partial charge in [0.1, 0.15) is 10.7 Å². The van der Waals surface area contributed by atoms with Gasteiger partial charge in [-0.2, -0.15) is 4.31 Å². The van der Waals surface area contributed by atoms with E-state index in [-0.39, 0.29) is 11.5 Å². The normalized spacial score (nSPS) is 16.8. The Hall–Kier alpha value is -1.02. The van der Waals surface area contributed by atoms with Gasteiger partial charge < -0.3 is 10.0 Å². The minimum absolute atomic E-state index is 0.317. The topological polar surface area (TPSA) is 60.9 Å². The number of rotatable bonds is 6. The average Bonchev–Trinajstić information content (AvgIpc) is 2.97. The number of likely N-dealkylation sites (N-methyl/N-ethyl adjacent to an activating group) is 1. The van der Waals surface area contributed by atoms with Gasteiger partial charge >= 0.3 is 0 Å². The summed E-state index contributed by atoms with van der Waals surface area (Å²) in [6, 6.07) is 3.69. The molecule has 0 atom stereocenters. The zero-order valence-corrected chi connectivity index (χ0v) is 12.9. The third-order valence-corrected chi connectivity index (χ3v) is 5.69. The zero-order valence-electron chi connectivity index (χ0n) is 12.1. The molecule has 0 radical (unpaired) electrons. The number of hydrogen-bond donors (Lipinski definition) is 1. The SMILES string of the molecule is CN(CCN1CCCC1)S(=O)(=O)c1ccc(CO)cc1F. The highest BCUT2D eigenvalue weighted by Crippen LogP contribution is 2.20. The van der Waals surface area contributed by atoms with Crippen molar-refractivity contribution in [3.05, 3.63) is 29.6 Å². The number of sulfonamides is 1. The molecule has 0 amide bonds. The Bertz CT molecular complexity index is 586. The Labute approximate surface area is 125 Å². The molecule has 1 aromatic carbocycles. The fourth-order valence-electron chi connectivity index (χ4n) is 2.43. The van der Waals surface area contributed by atoms with E-state index in [2.05, 4.69) is 4.90 Å². The standard InChI is InChI=1S/C14H21FN2O3S/c1-16(8-9-17-6-2-3-7-17)21(19,20)14-5-4-12(11-18)10-13(14)15/h4-5,10,18H,2-3,6-9,11H2,1H3. The van der Waals surface area contributed by atoms with Crippen LogP contribution in [0, 0.1) is 5.82 Å². The van der Waals surface area contributed by atoms with Crippen LogP contribution in [0.1, 0.15) is 18.4 Å². The highest BCUT2D eigenvalue weighted by molar-refractivity contribution is 7.89. The van der Waals surface area contributed by atoms with Crippen molar-refractivity contribution in [2.24, 2.45) is 0 Å². The summed E-state index contributed by atoms with van der Waals surface area (Å²) in [6.07, 6.45) is 2.29. The predicted molar refractivity (Wildman–Crippen MR) is 77.8 cm³/mol. The summed E-state index contributed by atoms with van der Waals surface area (Å²) in [6.45, 7) is 2.67. The molecule has 2 rings (SSSR count). The maximum atomic E-state index is 13.9. The summed E-state index contributed by atoms with van der Waals surface area (Å²) in [4.78, 5) is 1.86. The number of hydrogen-bond acceptors (Lipinski definition) is 4. The van der Waals surface area contributed by atoms with Gasteiger partial charge in [-0.25, -0.2) is 12.8 Å².